The van der Waals surface area contributed by atoms with E-state index in [9.17, 15) is 4.79 Å². The molecule has 1 aliphatic carbocycles. The van der Waals surface area contributed by atoms with Crippen molar-refractivity contribution in [2.45, 2.75) is 38.1 Å². The van der Waals surface area contributed by atoms with E-state index in [0.717, 1.165) is 6.54 Å². The predicted octanol–water partition coefficient (Wildman–Crippen LogP) is 0.999. The summed E-state index contributed by atoms with van der Waals surface area (Å²) in [5, 5.41) is 0. The average Bonchev–Trinajstić information content (AvgIpc) is 2.77. The first kappa shape index (κ1) is 13.5. The third-order valence-corrected chi connectivity index (χ3v) is 3.33. The predicted molar refractivity (Wildman–Crippen MR) is 64.1 cm³/mol. The number of amides is 1. The number of carbonyl (C=O) groups is 1. The smallest absolute Gasteiger partial charge is 0.239 e. The molecule has 4 heteroatoms. The van der Waals surface area contributed by atoms with Gasteiger partial charge in [0.15, 0.2) is 0 Å². The number of methoxy groups -OCH3 is 1. The number of likely N-dealkylation sites (N-methyl/N-ethyl adjacent to an activating group) is 1. The van der Waals surface area contributed by atoms with Crippen molar-refractivity contribution in [1.29, 1.82) is 0 Å². The first-order chi connectivity index (χ1) is 7.65. The van der Waals surface area contributed by atoms with Gasteiger partial charge in [-0.3, -0.25) is 4.79 Å². The summed E-state index contributed by atoms with van der Waals surface area (Å²) in [5.74, 6) is 0.729. The average molecular weight is 228 g/mol. The molecule has 4 nitrogen and oxygen atoms in total. The molecular formula is C12H24N2O2. The number of hydrogen-bond donors (Lipinski definition) is 1. The largest absolute Gasteiger partial charge is 0.385 e. The molecule has 0 aromatic heterocycles. The van der Waals surface area contributed by atoms with Crippen LogP contribution >= 0.6 is 0 Å². The van der Waals surface area contributed by atoms with Crippen molar-refractivity contribution in [2.75, 3.05) is 27.3 Å². The van der Waals surface area contributed by atoms with Gasteiger partial charge in [-0.15, -0.1) is 0 Å². The van der Waals surface area contributed by atoms with E-state index in [0.29, 0.717) is 18.9 Å². The van der Waals surface area contributed by atoms with E-state index in [2.05, 4.69) is 0 Å². The molecule has 2 N–H and O–H groups in total. The standard InChI is InChI=1S/C12H24N2O2/c1-14(9-10-5-3-4-6-10)12(15)11(13)7-8-16-2/h10-11H,3-9,13H2,1-2H3. The topological polar surface area (TPSA) is 55.6 Å². The van der Waals surface area contributed by atoms with Crippen LogP contribution in [-0.2, 0) is 9.53 Å². The van der Waals surface area contributed by atoms with Gasteiger partial charge in [-0.25, -0.2) is 0 Å². The summed E-state index contributed by atoms with van der Waals surface area (Å²) in [4.78, 5) is 13.7. The fourth-order valence-corrected chi connectivity index (χ4v) is 2.32. The van der Waals surface area contributed by atoms with Crippen molar-refractivity contribution < 1.29 is 9.53 Å². The minimum absolute atomic E-state index is 0.0453. The van der Waals surface area contributed by atoms with Crippen LogP contribution in [0.1, 0.15) is 32.1 Å². The fourth-order valence-electron chi connectivity index (χ4n) is 2.32. The Morgan fingerprint density at radius 2 is 2.12 bits per heavy atom. The highest BCUT2D eigenvalue weighted by Gasteiger charge is 2.22. The minimum Gasteiger partial charge on any atom is -0.385 e. The summed E-state index contributed by atoms with van der Waals surface area (Å²) in [6, 6.07) is -0.411. The van der Waals surface area contributed by atoms with Gasteiger partial charge in [-0.05, 0) is 25.2 Å². The lowest BCUT2D eigenvalue weighted by atomic mass is 10.1. The lowest BCUT2D eigenvalue weighted by Crippen LogP contribution is -2.43. The van der Waals surface area contributed by atoms with E-state index < -0.39 is 6.04 Å². The molecule has 1 amide bonds. The van der Waals surface area contributed by atoms with Crippen LogP contribution in [0.15, 0.2) is 0 Å². The molecule has 1 saturated carbocycles. The summed E-state index contributed by atoms with van der Waals surface area (Å²) in [7, 11) is 3.48. The molecular weight excluding hydrogens is 204 g/mol. The highest BCUT2D eigenvalue weighted by molar-refractivity contribution is 5.81. The Labute approximate surface area is 98.1 Å². The monoisotopic (exact) mass is 228 g/mol. The molecule has 0 heterocycles. The van der Waals surface area contributed by atoms with Crippen molar-refractivity contribution in [2.24, 2.45) is 11.7 Å². The summed E-state index contributed by atoms with van der Waals surface area (Å²) in [5.41, 5.74) is 5.81. The zero-order chi connectivity index (χ0) is 12.0. The SMILES string of the molecule is COCCC(N)C(=O)N(C)CC1CCCC1. The number of ether oxygens (including phenoxy) is 1. The van der Waals surface area contributed by atoms with Gasteiger partial charge in [-0.2, -0.15) is 0 Å². The normalized spacial score (nSPS) is 18.7. The Balaban J connectivity index is 2.28. The number of carbonyl (C=O) groups excluding carboxylic acids is 1. The molecule has 1 aliphatic rings. The van der Waals surface area contributed by atoms with E-state index in [1.54, 1.807) is 12.0 Å². The lowest BCUT2D eigenvalue weighted by Gasteiger charge is -2.24. The first-order valence-corrected chi connectivity index (χ1v) is 6.14. The van der Waals surface area contributed by atoms with Crippen LogP contribution in [0.3, 0.4) is 0 Å². The van der Waals surface area contributed by atoms with Gasteiger partial charge in [0.25, 0.3) is 0 Å². The quantitative estimate of drug-likeness (QED) is 0.738. The molecule has 0 aliphatic heterocycles. The summed E-state index contributed by atoms with van der Waals surface area (Å²) < 4.78 is 4.93. The Morgan fingerprint density at radius 3 is 2.69 bits per heavy atom. The van der Waals surface area contributed by atoms with Crippen molar-refractivity contribution >= 4 is 5.91 Å². The van der Waals surface area contributed by atoms with Gasteiger partial charge in [-0.1, -0.05) is 12.8 Å². The van der Waals surface area contributed by atoms with Gasteiger partial charge >= 0.3 is 0 Å². The third kappa shape index (κ3) is 4.10. The summed E-state index contributed by atoms with van der Waals surface area (Å²) >= 11 is 0. The van der Waals surface area contributed by atoms with Gasteiger partial charge in [0.05, 0.1) is 6.04 Å². The molecule has 1 fully saturated rings. The van der Waals surface area contributed by atoms with E-state index in [1.165, 1.54) is 25.7 Å². The van der Waals surface area contributed by atoms with Crippen molar-refractivity contribution in [1.82, 2.24) is 4.90 Å². The second kappa shape index (κ2) is 6.86. The Morgan fingerprint density at radius 1 is 1.50 bits per heavy atom. The molecule has 16 heavy (non-hydrogen) atoms. The second-order valence-electron chi connectivity index (χ2n) is 4.76. The number of nitrogens with two attached hydrogens (primary N) is 1. The van der Waals surface area contributed by atoms with Gasteiger partial charge in [0.1, 0.15) is 0 Å². The van der Waals surface area contributed by atoms with Crippen LogP contribution < -0.4 is 5.73 Å². The van der Waals surface area contributed by atoms with Crippen LogP contribution in [0, 0.1) is 5.92 Å². The van der Waals surface area contributed by atoms with Crippen LogP contribution in [-0.4, -0.2) is 44.2 Å². The van der Waals surface area contributed by atoms with E-state index in [-0.39, 0.29) is 5.91 Å². The molecule has 1 atom stereocenters. The summed E-state index contributed by atoms with van der Waals surface area (Å²) in [6.45, 7) is 1.41. The fraction of sp³-hybridized carbons (Fsp3) is 0.917. The molecule has 0 saturated heterocycles. The van der Waals surface area contributed by atoms with Crippen LogP contribution in [0.5, 0.6) is 0 Å². The molecule has 1 unspecified atom stereocenters. The Kier molecular flexibility index (Phi) is 5.77. The van der Waals surface area contributed by atoms with E-state index in [4.69, 9.17) is 10.5 Å². The Bertz CT molecular complexity index is 215. The number of rotatable bonds is 6. The van der Waals surface area contributed by atoms with Gasteiger partial charge in [0, 0.05) is 27.3 Å². The van der Waals surface area contributed by atoms with Crippen molar-refractivity contribution in [3.05, 3.63) is 0 Å². The molecule has 0 radical (unpaired) electrons. The maximum absolute atomic E-state index is 11.9. The maximum Gasteiger partial charge on any atom is 0.239 e. The maximum atomic E-state index is 11.9. The second-order valence-corrected chi connectivity index (χ2v) is 4.76. The highest BCUT2D eigenvalue weighted by Crippen LogP contribution is 2.25. The molecule has 0 aromatic rings. The lowest BCUT2D eigenvalue weighted by molar-refractivity contribution is -0.132. The van der Waals surface area contributed by atoms with Crippen molar-refractivity contribution in [3.8, 4) is 0 Å². The van der Waals surface area contributed by atoms with Gasteiger partial charge in [0.2, 0.25) is 5.91 Å². The zero-order valence-electron chi connectivity index (χ0n) is 10.4. The first-order valence-electron chi connectivity index (χ1n) is 6.14. The van der Waals surface area contributed by atoms with Crippen LogP contribution in [0.25, 0.3) is 0 Å². The molecule has 0 spiro atoms. The van der Waals surface area contributed by atoms with Crippen LogP contribution in [0.4, 0.5) is 0 Å². The summed E-state index contributed by atoms with van der Waals surface area (Å²) in [6.07, 6.45) is 5.73. The number of nitrogens with zero attached hydrogens (tertiary/aromatic N) is 1. The molecule has 94 valence electrons. The molecule has 0 bridgehead atoms. The third-order valence-electron chi connectivity index (χ3n) is 3.33. The van der Waals surface area contributed by atoms with E-state index in [1.807, 2.05) is 7.05 Å². The van der Waals surface area contributed by atoms with Gasteiger partial charge < -0.3 is 15.4 Å². The van der Waals surface area contributed by atoms with Crippen molar-refractivity contribution in [3.63, 3.8) is 0 Å². The number of hydrogen-bond acceptors (Lipinski definition) is 3. The van der Waals surface area contributed by atoms with E-state index >= 15 is 0 Å². The molecule has 1 rings (SSSR count). The Hall–Kier alpha value is -0.610. The molecule has 0 aromatic carbocycles. The zero-order valence-corrected chi connectivity index (χ0v) is 10.4. The minimum atomic E-state index is -0.411. The highest BCUT2D eigenvalue weighted by atomic mass is 16.5. The van der Waals surface area contributed by atoms with Crippen LogP contribution in [0.2, 0.25) is 0 Å².